The molecule has 0 amide bonds. The third kappa shape index (κ3) is 2.24. The number of fused-ring (bicyclic) bond motifs is 2. The first kappa shape index (κ1) is 16.9. The Labute approximate surface area is 170 Å². The molecule has 0 aliphatic carbocycles. The number of nitrogens with one attached hydrogen (secondary N) is 1. The van der Waals surface area contributed by atoms with Crippen molar-refractivity contribution in [2.45, 2.75) is 12.1 Å². The summed E-state index contributed by atoms with van der Waals surface area (Å²) in [7, 11) is 0. The number of H-pyrrole nitrogens is 1. The van der Waals surface area contributed by atoms with Crippen LogP contribution in [0.25, 0.3) is 22.2 Å². The van der Waals surface area contributed by atoms with Crippen molar-refractivity contribution in [3.63, 3.8) is 0 Å². The first-order chi connectivity index (χ1) is 14.7. The Kier molecular flexibility index (Phi) is 3.49. The molecule has 0 saturated carbocycles. The molecule has 0 saturated heterocycles. The Bertz CT molecular complexity index is 1540. The quantitative estimate of drug-likeness (QED) is 0.370. The zero-order chi connectivity index (χ0) is 20.2. The molecule has 2 atom stereocenters. The molecule has 0 radical (unpaired) electrons. The molecule has 1 aliphatic heterocycles. The Morgan fingerprint density at radius 3 is 2.17 bits per heavy atom. The molecular formula is C24H17N4O2+. The summed E-state index contributed by atoms with van der Waals surface area (Å²) in [5, 5.41) is 0. The number of para-hydroxylation sites is 2. The fraction of sp³-hybridized carbons (Fsp3) is 0.0833. The van der Waals surface area contributed by atoms with E-state index in [0.717, 1.165) is 22.2 Å². The smallest absolute Gasteiger partial charge is 0.267 e. The van der Waals surface area contributed by atoms with E-state index in [2.05, 4.69) is 26.7 Å². The first-order valence-corrected chi connectivity index (χ1v) is 9.83. The largest absolute Gasteiger partial charge is 0.416 e. The minimum Gasteiger partial charge on any atom is -0.267 e. The zero-order valence-electron chi connectivity index (χ0n) is 15.9. The van der Waals surface area contributed by atoms with Crippen LogP contribution in [0.2, 0.25) is 0 Å². The summed E-state index contributed by atoms with van der Waals surface area (Å²) in [5.74, 6) is 0. The Hall–Kier alpha value is -4.06. The van der Waals surface area contributed by atoms with E-state index in [-0.39, 0.29) is 17.6 Å². The molecule has 0 fully saturated rings. The average Bonchev–Trinajstić information content (AvgIpc) is 3.16. The predicted octanol–water partition coefficient (Wildman–Crippen LogP) is 2.72. The fourth-order valence-electron chi connectivity index (χ4n) is 4.64. The van der Waals surface area contributed by atoms with Crippen LogP contribution in [0.3, 0.4) is 0 Å². The summed E-state index contributed by atoms with van der Waals surface area (Å²) >= 11 is 0. The summed E-state index contributed by atoms with van der Waals surface area (Å²) in [5.41, 5.74) is 3.58. The molecule has 3 aromatic carbocycles. The summed E-state index contributed by atoms with van der Waals surface area (Å²) < 4.78 is 3.78. The van der Waals surface area contributed by atoms with Crippen LogP contribution in [-0.2, 0) is 0 Å². The van der Waals surface area contributed by atoms with E-state index in [0.29, 0.717) is 5.65 Å². The number of nitrogens with zero attached hydrogens (tertiary/aromatic N) is 3. The second-order valence-electron chi connectivity index (χ2n) is 7.48. The maximum atomic E-state index is 13.1. The van der Waals surface area contributed by atoms with Gasteiger partial charge >= 0.3 is 11.3 Å². The van der Waals surface area contributed by atoms with Crippen LogP contribution in [-0.4, -0.2) is 14.5 Å². The molecule has 0 unspecified atom stereocenters. The standard InChI is InChI=1S/C24H16N4O2/c29-22-19-23-27(18-14-8-7-13-17(18)25-19)20(15-9-3-1-4-10-15)21(28(23)24(30)26-22)16-11-5-2-6-12-16/h1-14,20-21H/p+1/t20-,21-/m1/s1. The molecule has 0 spiro atoms. The van der Waals surface area contributed by atoms with Gasteiger partial charge in [-0.25, -0.2) is 14.3 Å². The maximum absolute atomic E-state index is 13.1. The van der Waals surface area contributed by atoms with Gasteiger partial charge in [-0.1, -0.05) is 72.8 Å². The van der Waals surface area contributed by atoms with E-state index in [1.807, 2.05) is 72.8 Å². The Morgan fingerprint density at radius 2 is 1.43 bits per heavy atom. The van der Waals surface area contributed by atoms with Crippen molar-refractivity contribution >= 4 is 22.2 Å². The van der Waals surface area contributed by atoms with E-state index in [1.54, 1.807) is 4.57 Å². The molecule has 5 aromatic rings. The molecule has 6 heteroatoms. The minimum atomic E-state index is -0.466. The zero-order valence-corrected chi connectivity index (χ0v) is 15.9. The fourth-order valence-corrected chi connectivity index (χ4v) is 4.64. The van der Waals surface area contributed by atoms with Crippen molar-refractivity contribution in [3.05, 3.63) is 117 Å². The third-order valence-electron chi connectivity index (χ3n) is 5.83. The van der Waals surface area contributed by atoms with E-state index in [4.69, 9.17) is 0 Å². The lowest BCUT2D eigenvalue weighted by atomic mass is 9.94. The highest BCUT2D eigenvalue weighted by molar-refractivity contribution is 5.80. The summed E-state index contributed by atoms with van der Waals surface area (Å²) in [4.78, 5) is 32.9. The highest BCUT2D eigenvalue weighted by atomic mass is 16.2. The molecule has 6 nitrogen and oxygen atoms in total. The highest BCUT2D eigenvalue weighted by Crippen LogP contribution is 2.38. The van der Waals surface area contributed by atoms with Gasteiger partial charge in [-0.15, -0.1) is 0 Å². The minimum absolute atomic E-state index is 0.202. The number of rotatable bonds is 2. The second kappa shape index (κ2) is 6.22. The topological polar surface area (TPSA) is 71.6 Å². The van der Waals surface area contributed by atoms with Gasteiger partial charge in [0.2, 0.25) is 5.52 Å². The van der Waals surface area contributed by atoms with Gasteiger partial charge in [0, 0.05) is 11.1 Å². The molecule has 2 aromatic heterocycles. The van der Waals surface area contributed by atoms with Gasteiger partial charge in [-0.3, -0.25) is 9.78 Å². The van der Waals surface area contributed by atoms with Gasteiger partial charge in [0.1, 0.15) is 5.52 Å². The van der Waals surface area contributed by atoms with E-state index < -0.39 is 11.2 Å². The molecule has 144 valence electrons. The summed E-state index contributed by atoms with van der Waals surface area (Å²) in [6, 6.07) is 27.2. The van der Waals surface area contributed by atoms with Gasteiger partial charge in [-0.05, 0) is 12.1 Å². The first-order valence-electron chi connectivity index (χ1n) is 9.83. The van der Waals surface area contributed by atoms with E-state index in [1.165, 1.54) is 0 Å². The highest BCUT2D eigenvalue weighted by Gasteiger charge is 2.46. The monoisotopic (exact) mass is 393 g/mol. The van der Waals surface area contributed by atoms with Crippen molar-refractivity contribution in [3.8, 4) is 0 Å². The van der Waals surface area contributed by atoms with Crippen LogP contribution in [0.15, 0.2) is 94.5 Å². The molecule has 30 heavy (non-hydrogen) atoms. The van der Waals surface area contributed by atoms with Crippen LogP contribution < -0.4 is 15.8 Å². The SMILES string of the molecule is O=c1[nH]c(=O)n2c3c1nc1ccccc1[n+]3[C@H](c1ccccc1)[C@H]2c1ccccc1. The molecule has 1 N–H and O–H groups in total. The van der Waals surface area contributed by atoms with Gasteiger partial charge in [0.25, 0.3) is 5.56 Å². The van der Waals surface area contributed by atoms with Crippen molar-refractivity contribution in [1.29, 1.82) is 0 Å². The van der Waals surface area contributed by atoms with Crippen molar-refractivity contribution < 1.29 is 4.57 Å². The lowest BCUT2D eigenvalue weighted by Crippen LogP contribution is -2.41. The van der Waals surface area contributed by atoms with Gasteiger partial charge in [0.15, 0.2) is 17.6 Å². The number of benzene rings is 3. The molecule has 1 aliphatic rings. The number of aromatic nitrogens is 4. The van der Waals surface area contributed by atoms with Crippen LogP contribution >= 0.6 is 0 Å². The second-order valence-corrected chi connectivity index (χ2v) is 7.48. The molecular weight excluding hydrogens is 376 g/mol. The normalized spacial score (nSPS) is 17.6. The van der Waals surface area contributed by atoms with E-state index >= 15 is 0 Å². The number of hydrogen-bond acceptors (Lipinski definition) is 3. The number of hydrogen-bond donors (Lipinski definition) is 1. The van der Waals surface area contributed by atoms with E-state index in [9.17, 15) is 9.59 Å². The predicted molar refractivity (Wildman–Crippen MR) is 113 cm³/mol. The number of aromatic amines is 1. The van der Waals surface area contributed by atoms with Crippen LogP contribution in [0.5, 0.6) is 0 Å². The van der Waals surface area contributed by atoms with Gasteiger partial charge < -0.3 is 0 Å². The third-order valence-corrected chi connectivity index (χ3v) is 5.83. The Balaban J connectivity index is 1.84. The van der Waals surface area contributed by atoms with Crippen molar-refractivity contribution in [2.75, 3.05) is 0 Å². The maximum Gasteiger partial charge on any atom is 0.416 e. The average molecular weight is 393 g/mol. The summed E-state index contributed by atoms with van der Waals surface area (Å²) in [6.45, 7) is 0. The van der Waals surface area contributed by atoms with Crippen molar-refractivity contribution in [2.24, 2.45) is 0 Å². The Morgan fingerprint density at radius 1 is 0.800 bits per heavy atom. The molecule has 3 heterocycles. The van der Waals surface area contributed by atoms with Gasteiger partial charge in [-0.2, -0.15) is 4.57 Å². The lowest BCUT2D eigenvalue weighted by molar-refractivity contribution is -0.658. The molecule has 0 bridgehead atoms. The van der Waals surface area contributed by atoms with Crippen LogP contribution in [0, 0.1) is 0 Å². The van der Waals surface area contributed by atoms with Crippen LogP contribution in [0.1, 0.15) is 23.2 Å². The van der Waals surface area contributed by atoms with Crippen molar-refractivity contribution in [1.82, 2.24) is 14.5 Å². The summed E-state index contributed by atoms with van der Waals surface area (Å²) in [6.07, 6.45) is 0. The molecule has 6 rings (SSSR count). The van der Waals surface area contributed by atoms with Gasteiger partial charge in [0.05, 0.1) is 0 Å². The lowest BCUT2D eigenvalue weighted by Gasteiger charge is -2.18. The van der Waals surface area contributed by atoms with Crippen LogP contribution in [0.4, 0.5) is 0 Å².